The van der Waals surface area contributed by atoms with Gasteiger partial charge in [0.1, 0.15) is 0 Å². The average molecular weight is 169 g/mol. The number of nitrogens with one attached hydrogen (secondary N) is 1. The van der Waals surface area contributed by atoms with Gasteiger partial charge in [0, 0.05) is 12.0 Å². The molecule has 4 nitrogen and oxygen atoms in total. The monoisotopic (exact) mass is 169 g/mol. The first-order valence-corrected chi connectivity index (χ1v) is 4.15. The number of carboxylic acid groups (broad SMARTS) is 1. The van der Waals surface area contributed by atoms with Crippen LogP contribution in [0.3, 0.4) is 0 Å². The Morgan fingerprint density at radius 3 is 2.67 bits per heavy atom. The highest BCUT2D eigenvalue weighted by atomic mass is 16.4. The molecule has 0 aromatic heterocycles. The van der Waals surface area contributed by atoms with Crippen LogP contribution >= 0.6 is 0 Å². The van der Waals surface area contributed by atoms with E-state index in [1.165, 1.54) is 0 Å². The van der Waals surface area contributed by atoms with E-state index in [9.17, 15) is 9.59 Å². The van der Waals surface area contributed by atoms with Gasteiger partial charge in [-0.15, -0.1) is 0 Å². The molecule has 2 rings (SSSR count). The lowest BCUT2D eigenvalue weighted by atomic mass is 9.67. The number of aliphatic carboxylic acids is 1. The molecule has 0 aromatic rings. The maximum Gasteiger partial charge on any atom is 0.306 e. The summed E-state index contributed by atoms with van der Waals surface area (Å²) < 4.78 is 0. The van der Waals surface area contributed by atoms with Crippen molar-refractivity contribution in [2.45, 2.75) is 31.2 Å². The quantitative estimate of drug-likeness (QED) is 0.586. The fraction of sp³-hybridized carbons (Fsp3) is 0.750. The average Bonchev–Trinajstić information content (AvgIpc) is 2.27. The predicted molar refractivity (Wildman–Crippen MR) is 40.5 cm³/mol. The summed E-state index contributed by atoms with van der Waals surface area (Å²) in [5.41, 5.74) is -0.139. The summed E-state index contributed by atoms with van der Waals surface area (Å²) in [7, 11) is 0. The van der Waals surface area contributed by atoms with Crippen LogP contribution in [0.4, 0.5) is 0 Å². The number of carboxylic acids is 1. The van der Waals surface area contributed by atoms with Crippen LogP contribution in [0.25, 0.3) is 0 Å². The summed E-state index contributed by atoms with van der Waals surface area (Å²) >= 11 is 0. The highest BCUT2D eigenvalue weighted by Gasteiger charge is 2.50. The Labute approximate surface area is 69.9 Å². The van der Waals surface area contributed by atoms with Crippen LogP contribution < -0.4 is 5.32 Å². The highest BCUT2D eigenvalue weighted by Crippen LogP contribution is 2.43. The predicted octanol–water partition coefficient (Wildman–Crippen LogP) is 0.130. The number of amides is 1. The summed E-state index contributed by atoms with van der Waals surface area (Å²) in [4.78, 5) is 21.4. The molecule has 0 aromatic carbocycles. The second-order valence-electron chi connectivity index (χ2n) is 3.77. The molecule has 0 bridgehead atoms. The molecule has 2 aliphatic rings. The van der Waals surface area contributed by atoms with Crippen molar-refractivity contribution in [3.63, 3.8) is 0 Å². The van der Waals surface area contributed by atoms with Crippen LogP contribution in [-0.2, 0) is 9.59 Å². The summed E-state index contributed by atoms with van der Waals surface area (Å²) in [5, 5.41) is 11.5. The molecule has 0 radical (unpaired) electrons. The second kappa shape index (κ2) is 2.21. The first-order chi connectivity index (χ1) is 5.61. The smallest absolute Gasteiger partial charge is 0.306 e. The number of hydrogen-bond donors (Lipinski definition) is 2. The van der Waals surface area contributed by atoms with Crippen LogP contribution in [0.15, 0.2) is 0 Å². The van der Waals surface area contributed by atoms with Gasteiger partial charge in [-0.05, 0) is 19.3 Å². The van der Waals surface area contributed by atoms with Gasteiger partial charge in [0.05, 0.1) is 5.92 Å². The van der Waals surface area contributed by atoms with E-state index in [1.54, 1.807) is 0 Å². The Hall–Kier alpha value is -1.06. The number of carbonyl (C=O) groups excluding carboxylic acids is 1. The zero-order valence-corrected chi connectivity index (χ0v) is 6.67. The Bertz CT molecular complexity index is 243. The third-order valence-corrected chi connectivity index (χ3v) is 2.86. The van der Waals surface area contributed by atoms with Crippen molar-refractivity contribution in [1.29, 1.82) is 0 Å². The van der Waals surface area contributed by atoms with E-state index in [1.807, 2.05) is 0 Å². The molecule has 1 spiro atoms. The van der Waals surface area contributed by atoms with Crippen LogP contribution in [0.2, 0.25) is 0 Å². The fourth-order valence-electron chi connectivity index (χ4n) is 2.14. The van der Waals surface area contributed by atoms with Crippen molar-refractivity contribution in [3.05, 3.63) is 0 Å². The molecule has 12 heavy (non-hydrogen) atoms. The molecule has 2 fully saturated rings. The summed E-state index contributed by atoms with van der Waals surface area (Å²) in [6.45, 7) is 0. The zero-order valence-electron chi connectivity index (χ0n) is 6.67. The second-order valence-corrected chi connectivity index (χ2v) is 3.77. The van der Waals surface area contributed by atoms with Gasteiger partial charge < -0.3 is 10.4 Å². The van der Waals surface area contributed by atoms with Crippen molar-refractivity contribution in [1.82, 2.24) is 5.32 Å². The van der Waals surface area contributed by atoms with Crippen molar-refractivity contribution in [3.8, 4) is 0 Å². The zero-order chi connectivity index (χ0) is 8.77. The van der Waals surface area contributed by atoms with Gasteiger partial charge in [-0.2, -0.15) is 0 Å². The van der Waals surface area contributed by atoms with Crippen molar-refractivity contribution >= 4 is 11.9 Å². The van der Waals surface area contributed by atoms with Gasteiger partial charge in [0.25, 0.3) is 0 Å². The third kappa shape index (κ3) is 0.983. The summed E-state index contributed by atoms with van der Waals surface area (Å²) in [5.74, 6) is -0.899. The first kappa shape index (κ1) is 7.58. The van der Waals surface area contributed by atoms with Gasteiger partial charge in [-0.1, -0.05) is 0 Å². The minimum absolute atomic E-state index is 0.0684. The number of carbonyl (C=O) groups is 2. The standard InChI is InChI=1S/C8H11NO3/c10-6-1-2-8(9-6)3-5(4-8)7(11)12/h5H,1-4H2,(H,9,10)(H,11,12)/t5-,8-. The topological polar surface area (TPSA) is 66.4 Å². The van der Waals surface area contributed by atoms with Crippen LogP contribution in [0.1, 0.15) is 25.7 Å². The van der Waals surface area contributed by atoms with E-state index in [-0.39, 0.29) is 17.4 Å². The Kier molecular flexibility index (Phi) is 1.40. The molecular weight excluding hydrogens is 158 g/mol. The van der Waals surface area contributed by atoms with E-state index >= 15 is 0 Å². The lowest BCUT2D eigenvalue weighted by Crippen LogP contribution is -2.54. The maximum atomic E-state index is 10.9. The summed E-state index contributed by atoms with van der Waals surface area (Å²) in [6, 6.07) is 0. The molecule has 1 heterocycles. The molecule has 1 amide bonds. The van der Waals surface area contributed by atoms with Crippen LogP contribution in [0.5, 0.6) is 0 Å². The van der Waals surface area contributed by atoms with Gasteiger partial charge in [-0.25, -0.2) is 0 Å². The molecule has 2 N–H and O–H groups in total. The molecule has 1 aliphatic carbocycles. The van der Waals surface area contributed by atoms with E-state index in [4.69, 9.17) is 5.11 Å². The molecule has 0 atom stereocenters. The minimum Gasteiger partial charge on any atom is -0.481 e. The van der Waals surface area contributed by atoms with E-state index < -0.39 is 5.97 Å². The molecule has 1 saturated carbocycles. The van der Waals surface area contributed by atoms with Gasteiger partial charge in [0.2, 0.25) is 5.91 Å². The van der Waals surface area contributed by atoms with Gasteiger partial charge in [0.15, 0.2) is 0 Å². The molecule has 0 unspecified atom stereocenters. The molecule has 66 valence electrons. The highest BCUT2D eigenvalue weighted by molar-refractivity contribution is 5.81. The lowest BCUT2D eigenvalue weighted by molar-refractivity contribution is -0.148. The van der Waals surface area contributed by atoms with Gasteiger partial charge >= 0.3 is 5.97 Å². The Morgan fingerprint density at radius 1 is 1.58 bits per heavy atom. The molecule has 4 heteroatoms. The third-order valence-electron chi connectivity index (χ3n) is 2.86. The number of rotatable bonds is 1. The Balaban J connectivity index is 1.95. The summed E-state index contributed by atoms with van der Waals surface area (Å²) in [6.07, 6.45) is 2.62. The van der Waals surface area contributed by atoms with Crippen LogP contribution in [0, 0.1) is 5.92 Å². The SMILES string of the molecule is O=C1CC[C@]2(C[C@@H](C(=O)O)C2)N1. The van der Waals surface area contributed by atoms with Crippen molar-refractivity contribution in [2.75, 3.05) is 0 Å². The van der Waals surface area contributed by atoms with Crippen molar-refractivity contribution < 1.29 is 14.7 Å². The Morgan fingerprint density at radius 2 is 2.25 bits per heavy atom. The number of hydrogen-bond acceptors (Lipinski definition) is 2. The maximum absolute atomic E-state index is 10.9. The molecular formula is C8H11NO3. The van der Waals surface area contributed by atoms with Crippen molar-refractivity contribution in [2.24, 2.45) is 5.92 Å². The molecule has 1 aliphatic heterocycles. The first-order valence-electron chi connectivity index (χ1n) is 4.15. The van der Waals surface area contributed by atoms with E-state index in [0.717, 1.165) is 6.42 Å². The lowest BCUT2D eigenvalue weighted by Gasteiger charge is -2.42. The minimum atomic E-state index is -0.734. The normalized spacial score (nSPS) is 39.3. The van der Waals surface area contributed by atoms with E-state index in [0.29, 0.717) is 19.3 Å². The van der Waals surface area contributed by atoms with Gasteiger partial charge in [-0.3, -0.25) is 9.59 Å². The fourth-order valence-corrected chi connectivity index (χ4v) is 2.14. The largest absolute Gasteiger partial charge is 0.481 e. The van der Waals surface area contributed by atoms with Crippen LogP contribution in [-0.4, -0.2) is 22.5 Å². The van der Waals surface area contributed by atoms with E-state index in [2.05, 4.69) is 5.32 Å². The molecule has 1 saturated heterocycles.